The number of nitrogens with one attached hydrogen (secondary N) is 1. The average molecular weight is 344 g/mol. The molecule has 0 aromatic carbocycles. The highest BCUT2D eigenvalue weighted by Gasteiger charge is 2.47. The van der Waals surface area contributed by atoms with Crippen LogP contribution in [-0.2, 0) is 14.8 Å². The summed E-state index contributed by atoms with van der Waals surface area (Å²) in [6.07, 6.45) is -5.87. The lowest BCUT2D eigenvalue weighted by molar-refractivity contribution is -0.177. The van der Waals surface area contributed by atoms with Crippen LogP contribution >= 0.6 is 0 Å². The zero-order chi connectivity index (χ0) is 17.3. The fraction of sp³-hybridized carbons (Fsp3) is 0.400. The minimum absolute atomic E-state index is 0.143. The molecule has 12 heteroatoms. The van der Waals surface area contributed by atoms with Crippen molar-refractivity contribution in [1.82, 2.24) is 9.29 Å². The lowest BCUT2D eigenvalue weighted by Gasteiger charge is -2.27. The number of nitrogens with zero attached hydrogens (tertiary/aromatic N) is 1. The standard InChI is InChI=1S/C10H11F3N2O6S/c1-15(7(3-8(16)17)10(11,12)13)22(20,21)5-2-6(9(18)19)14-4-5/h2,4,7,14H,3H2,1H3,(H,16,17)(H,18,19). The molecule has 0 radical (unpaired) electrons. The van der Waals surface area contributed by atoms with Gasteiger partial charge in [-0.25, -0.2) is 13.2 Å². The maximum Gasteiger partial charge on any atom is 0.405 e. The molecule has 8 nitrogen and oxygen atoms in total. The maximum atomic E-state index is 12.8. The Bertz CT molecular complexity index is 681. The molecule has 0 aliphatic rings. The largest absolute Gasteiger partial charge is 0.481 e. The van der Waals surface area contributed by atoms with E-state index in [1.54, 1.807) is 0 Å². The van der Waals surface area contributed by atoms with E-state index in [9.17, 15) is 31.2 Å². The van der Waals surface area contributed by atoms with Gasteiger partial charge < -0.3 is 15.2 Å². The molecule has 22 heavy (non-hydrogen) atoms. The first kappa shape index (κ1) is 18.0. The van der Waals surface area contributed by atoms with E-state index in [0.29, 0.717) is 19.3 Å². The summed E-state index contributed by atoms with van der Waals surface area (Å²) in [5.74, 6) is -3.33. The highest BCUT2D eigenvalue weighted by atomic mass is 32.2. The number of carbonyl (C=O) groups is 2. The van der Waals surface area contributed by atoms with E-state index in [1.165, 1.54) is 0 Å². The number of aromatic carboxylic acids is 1. The summed E-state index contributed by atoms with van der Waals surface area (Å²) in [6.45, 7) is 0. The summed E-state index contributed by atoms with van der Waals surface area (Å²) in [6, 6.07) is -2.14. The number of hydrogen-bond donors (Lipinski definition) is 3. The van der Waals surface area contributed by atoms with Crippen molar-refractivity contribution in [2.45, 2.75) is 23.5 Å². The molecule has 0 aliphatic carbocycles. The number of halogens is 3. The van der Waals surface area contributed by atoms with Crippen molar-refractivity contribution in [1.29, 1.82) is 0 Å². The van der Waals surface area contributed by atoms with Gasteiger partial charge in [-0.2, -0.15) is 17.5 Å². The molecule has 0 saturated carbocycles. The van der Waals surface area contributed by atoms with E-state index in [2.05, 4.69) is 4.98 Å². The fourth-order valence-electron chi connectivity index (χ4n) is 1.60. The summed E-state index contributed by atoms with van der Waals surface area (Å²) in [5, 5.41) is 17.2. The van der Waals surface area contributed by atoms with E-state index >= 15 is 0 Å². The minimum atomic E-state index is -5.11. The lowest BCUT2D eigenvalue weighted by atomic mass is 10.2. The molecule has 0 amide bonds. The Kier molecular flexibility index (Phi) is 4.87. The number of carboxylic acid groups (broad SMARTS) is 2. The number of aromatic nitrogens is 1. The van der Waals surface area contributed by atoms with Crippen LogP contribution in [0.1, 0.15) is 16.9 Å². The van der Waals surface area contributed by atoms with Crippen molar-refractivity contribution in [2.24, 2.45) is 0 Å². The van der Waals surface area contributed by atoms with Crippen LogP contribution in [0.5, 0.6) is 0 Å². The summed E-state index contributed by atoms with van der Waals surface area (Å²) >= 11 is 0. The first-order chi connectivity index (χ1) is 9.87. The number of aromatic amines is 1. The Balaban J connectivity index is 3.22. The van der Waals surface area contributed by atoms with Gasteiger partial charge in [0.2, 0.25) is 10.0 Å². The van der Waals surface area contributed by atoms with Crippen molar-refractivity contribution < 1.29 is 41.4 Å². The maximum absolute atomic E-state index is 12.8. The Morgan fingerprint density at radius 1 is 1.36 bits per heavy atom. The van der Waals surface area contributed by atoms with Gasteiger partial charge >= 0.3 is 18.1 Å². The van der Waals surface area contributed by atoms with Crippen LogP contribution in [0.25, 0.3) is 0 Å². The summed E-state index contributed by atoms with van der Waals surface area (Å²) in [7, 11) is -4.15. The molecule has 0 aliphatic heterocycles. The predicted molar refractivity (Wildman–Crippen MR) is 64.8 cm³/mol. The second-order valence-corrected chi connectivity index (χ2v) is 6.23. The molecule has 1 aromatic heterocycles. The van der Waals surface area contributed by atoms with E-state index in [4.69, 9.17) is 10.2 Å². The number of alkyl halides is 3. The van der Waals surface area contributed by atoms with Gasteiger partial charge in [0.1, 0.15) is 16.6 Å². The van der Waals surface area contributed by atoms with Crippen molar-refractivity contribution in [2.75, 3.05) is 7.05 Å². The first-order valence-electron chi connectivity index (χ1n) is 5.55. The number of H-pyrrole nitrogens is 1. The summed E-state index contributed by atoms with van der Waals surface area (Å²) in [5.41, 5.74) is -0.534. The third-order valence-electron chi connectivity index (χ3n) is 2.75. The molecule has 1 heterocycles. The third kappa shape index (κ3) is 3.76. The van der Waals surface area contributed by atoms with Gasteiger partial charge in [-0.05, 0) is 6.07 Å². The van der Waals surface area contributed by atoms with Crippen LogP contribution in [0.3, 0.4) is 0 Å². The average Bonchev–Trinajstić information content (AvgIpc) is 2.83. The van der Waals surface area contributed by atoms with Crippen LogP contribution < -0.4 is 0 Å². The molecule has 0 saturated heterocycles. The topological polar surface area (TPSA) is 128 Å². The van der Waals surface area contributed by atoms with Gasteiger partial charge in [-0.1, -0.05) is 0 Å². The zero-order valence-electron chi connectivity index (χ0n) is 11.0. The van der Waals surface area contributed by atoms with Gasteiger partial charge in [0, 0.05) is 13.2 Å². The van der Waals surface area contributed by atoms with E-state index in [1.807, 2.05) is 0 Å². The zero-order valence-corrected chi connectivity index (χ0v) is 11.8. The molecule has 1 unspecified atom stereocenters. The van der Waals surface area contributed by atoms with Crippen molar-refractivity contribution in [3.8, 4) is 0 Å². The summed E-state index contributed by atoms with van der Waals surface area (Å²) < 4.78 is 62.5. The SMILES string of the molecule is CN(C(CC(=O)O)C(F)(F)F)S(=O)(=O)c1c[nH]c(C(=O)O)c1. The second kappa shape index (κ2) is 5.96. The first-order valence-corrected chi connectivity index (χ1v) is 6.99. The number of carboxylic acids is 2. The highest BCUT2D eigenvalue weighted by Crippen LogP contribution is 2.30. The van der Waals surface area contributed by atoms with Crippen LogP contribution in [0, 0.1) is 0 Å². The molecule has 0 fully saturated rings. The third-order valence-corrected chi connectivity index (χ3v) is 4.59. The van der Waals surface area contributed by atoms with E-state index in [-0.39, 0.29) is 4.31 Å². The lowest BCUT2D eigenvalue weighted by Crippen LogP contribution is -2.47. The molecule has 1 rings (SSSR count). The molecule has 124 valence electrons. The number of rotatable bonds is 6. The van der Waals surface area contributed by atoms with Gasteiger partial charge in [0.15, 0.2) is 0 Å². The van der Waals surface area contributed by atoms with E-state index < -0.39 is 51.2 Å². The Morgan fingerprint density at radius 2 is 1.91 bits per heavy atom. The van der Waals surface area contributed by atoms with Crippen LogP contribution in [0.15, 0.2) is 17.2 Å². The van der Waals surface area contributed by atoms with Crippen LogP contribution in [0.2, 0.25) is 0 Å². The van der Waals surface area contributed by atoms with E-state index in [0.717, 1.165) is 0 Å². The summed E-state index contributed by atoms with van der Waals surface area (Å²) in [4.78, 5) is 22.5. The van der Waals surface area contributed by atoms with Gasteiger partial charge in [-0.3, -0.25) is 4.79 Å². The normalized spacial score (nSPS) is 14.0. The highest BCUT2D eigenvalue weighted by molar-refractivity contribution is 7.89. The molecular formula is C10H11F3N2O6S. The fourth-order valence-corrected chi connectivity index (χ4v) is 2.93. The van der Waals surface area contributed by atoms with Gasteiger partial charge in [-0.15, -0.1) is 0 Å². The molecule has 3 N–H and O–H groups in total. The second-order valence-electron chi connectivity index (χ2n) is 4.23. The molecule has 0 bridgehead atoms. The number of aliphatic carboxylic acids is 1. The van der Waals surface area contributed by atoms with Gasteiger partial charge in [0.25, 0.3) is 0 Å². The Hall–Kier alpha value is -2.08. The van der Waals surface area contributed by atoms with Crippen molar-refractivity contribution in [3.05, 3.63) is 18.0 Å². The Morgan fingerprint density at radius 3 is 2.27 bits per heavy atom. The molecular weight excluding hydrogens is 333 g/mol. The monoisotopic (exact) mass is 344 g/mol. The number of hydrogen-bond acceptors (Lipinski definition) is 4. The van der Waals surface area contributed by atoms with Gasteiger partial charge in [0.05, 0.1) is 6.42 Å². The van der Waals surface area contributed by atoms with Crippen molar-refractivity contribution >= 4 is 22.0 Å². The quantitative estimate of drug-likeness (QED) is 0.698. The van der Waals surface area contributed by atoms with Crippen LogP contribution in [0.4, 0.5) is 13.2 Å². The Labute approximate surface area is 122 Å². The molecule has 1 aromatic rings. The smallest absolute Gasteiger partial charge is 0.405 e. The minimum Gasteiger partial charge on any atom is -0.481 e. The molecule has 1 atom stereocenters. The molecule has 0 spiro atoms. The predicted octanol–water partition coefficient (Wildman–Crippen LogP) is 0.739. The van der Waals surface area contributed by atoms with Crippen LogP contribution in [-0.4, -0.2) is 59.1 Å². The number of sulfonamides is 1. The van der Waals surface area contributed by atoms with Crippen molar-refractivity contribution in [3.63, 3.8) is 0 Å².